The molecule has 1 saturated heterocycles. The molecule has 1 atom stereocenters. The molecular formula is C12H16N4OS. The molecule has 0 radical (unpaired) electrons. The number of thiophene rings is 1. The van der Waals surface area contributed by atoms with Gasteiger partial charge in [0, 0.05) is 26.1 Å². The Morgan fingerprint density at radius 1 is 1.56 bits per heavy atom. The van der Waals surface area contributed by atoms with Crippen LogP contribution in [0.3, 0.4) is 0 Å². The second-order valence-corrected chi connectivity index (χ2v) is 5.50. The third-order valence-electron chi connectivity index (χ3n) is 3.31. The maximum Gasteiger partial charge on any atom is 0.223 e. The molecule has 0 aliphatic carbocycles. The Balaban J connectivity index is 1.92. The van der Waals surface area contributed by atoms with Crippen LogP contribution >= 0.6 is 11.3 Å². The van der Waals surface area contributed by atoms with Crippen LogP contribution in [0, 0.1) is 5.92 Å². The van der Waals surface area contributed by atoms with Crippen molar-refractivity contribution in [2.45, 2.75) is 6.42 Å². The van der Waals surface area contributed by atoms with Gasteiger partial charge in [0.15, 0.2) is 0 Å². The molecule has 0 bridgehead atoms. The molecule has 96 valence electrons. The van der Waals surface area contributed by atoms with E-state index in [9.17, 15) is 0 Å². The molecule has 1 aliphatic heterocycles. The first-order chi connectivity index (χ1) is 8.78. The van der Waals surface area contributed by atoms with E-state index in [-0.39, 0.29) is 0 Å². The summed E-state index contributed by atoms with van der Waals surface area (Å²) in [4.78, 5) is 11.9. The Morgan fingerprint density at radius 2 is 2.44 bits per heavy atom. The van der Waals surface area contributed by atoms with Gasteiger partial charge < -0.3 is 15.4 Å². The van der Waals surface area contributed by atoms with Gasteiger partial charge in [-0.2, -0.15) is 4.98 Å². The maximum atomic E-state index is 5.78. The smallest absolute Gasteiger partial charge is 0.223 e. The molecule has 0 saturated carbocycles. The number of nitrogens with two attached hydrogens (primary N) is 1. The maximum absolute atomic E-state index is 5.78. The molecule has 2 N–H and O–H groups in total. The molecule has 0 spiro atoms. The largest absolute Gasteiger partial charge is 0.384 e. The Bertz CT molecular complexity index is 556. The second-order valence-electron chi connectivity index (χ2n) is 4.60. The second kappa shape index (κ2) is 4.70. The standard InChI is InChI=1S/C12H16N4OS/c1-17-7-8-2-4-16(6-8)10-9-3-5-18-11(9)15-12(13)14-10/h3,5,8H,2,4,6-7H2,1H3,(H2,13,14,15). The third-order valence-corrected chi connectivity index (χ3v) is 4.12. The van der Waals surface area contributed by atoms with Gasteiger partial charge in [-0.15, -0.1) is 11.3 Å². The topological polar surface area (TPSA) is 64.3 Å². The van der Waals surface area contributed by atoms with E-state index < -0.39 is 0 Å². The SMILES string of the molecule is COCC1CCN(c2nc(N)nc3sccc23)C1. The van der Waals surface area contributed by atoms with E-state index in [2.05, 4.69) is 20.9 Å². The fourth-order valence-corrected chi connectivity index (χ4v) is 3.26. The molecule has 18 heavy (non-hydrogen) atoms. The van der Waals surface area contributed by atoms with E-state index in [0.29, 0.717) is 11.9 Å². The summed E-state index contributed by atoms with van der Waals surface area (Å²) in [5.74, 6) is 1.91. The van der Waals surface area contributed by atoms with Crippen LogP contribution in [0.2, 0.25) is 0 Å². The van der Waals surface area contributed by atoms with E-state index in [1.165, 1.54) is 0 Å². The van der Waals surface area contributed by atoms with Crippen molar-refractivity contribution in [3.63, 3.8) is 0 Å². The molecular weight excluding hydrogens is 248 g/mol. The first-order valence-electron chi connectivity index (χ1n) is 6.02. The molecule has 6 heteroatoms. The van der Waals surface area contributed by atoms with E-state index in [1.807, 2.05) is 5.38 Å². The van der Waals surface area contributed by atoms with Gasteiger partial charge in [-0.05, 0) is 17.9 Å². The summed E-state index contributed by atoms with van der Waals surface area (Å²) in [5, 5.41) is 3.14. The van der Waals surface area contributed by atoms with Gasteiger partial charge in [-0.1, -0.05) is 0 Å². The van der Waals surface area contributed by atoms with E-state index in [1.54, 1.807) is 18.4 Å². The zero-order chi connectivity index (χ0) is 12.5. The number of rotatable bonds is 3. The van der Waals surface area contributed by atoms with Crippen LogP contribution in [0.4, 0.5) is 11.8 Å². The van der Waals surface area contributed by atoms with Crippen LogP contribution in [0.5, 0.6) is 0 Å². The lowest BCUT2D eigenvalue weighted by molar-refractivity contribution is 0.161. The number of fused-ring (bicyclic) bond motifs is 1. The highest BCUT2D eigenvalue weighted by atomic mass is 32.1. The van der Waals surface area contributed by atoms with Crippen molar-refractivity contribution in [3.05, 3.63) is 11.4 Å². The van der Waals surface area contributed by atoms with Gasteiger partial charge in [-0.25, -0.2) is 4.98 Å². The number of methoxy groups -OCH3 is 1. The number of ether oxygens (including phenoxy) is 1. The van der Waals surface area contributed by atoms with Crippen molar-refractivity contribution >= 4 is 33.3 Å². The zero-order valence-electron chi connectivity index (χ0n) is 10.3. The van der Waals surface area contributed by atoms with Gasteiger partial charge in [0.1, 0.15) is 10.6 Å². The lowest BCUT2D eigenvalue weighted by Gasteiger charge is -2.18. The molecule has 0 amide bonds. The highest BCUT2D eigenvalue weighted by Crippen LogP contribution is 2.31. The summed E-state index contributed by atoms with van der Waals surface area (Å²) in [6.45, 7) is 2.80. The minimum absolute atomic E-state index is 0.357. The molecule has 2 aromatic heterocycles. The Hall–Kier alpha value is -1.40. The summed E-state index contributed by atoms with van der Waals surface area (Å²) < 4.78 is 5.22. The predicted octanol–water partition coefficient (Wildman–Crippen LogP) is 1.75. The molecule has 1 aliphatic rings. The highest BCUT2D eigenvalue weighted by Gasteiger charge is 2.25. The molecule has 0 aromatic carbocycles. The molecule has 3 rings (SSSR count). The van der Waals surface area contributed by atoms with Crippen molar-refractivity contribution in [2.24, 2.45) is 5.92 Å². The number of nitrogens with zero attached hydrogens (tertiary/aromatic N) is 3. The van der Waals surface area contributed by atoms with E-state index in [4.69, 9.17) is 10.5 Å². The number of hydrogen-bond donors (Lipinski definition) is 1. The van der Waals surface area contributed by atoms with Crippen molar-refractivity contribution < 1.29 is 4.74 Å². The Kier molecular flexibility index (Phi) is 3.05. The number of hydrogen-bond acceptors (Lipinski definition) is 6. The van der Waals surface area contributed by atoms with Gasteiger partial charge in [0.25, 0.3) is 0 Å². The third kappa shape index (κ3) is 2.02. The molecule has 1 fully saturated rings. The quantitative estimate of drug-likeness (QED) is 0.915. The van der Waals surface area contributed by atoms with Crippen LogP contribution in [0.15, 0.2) is 11.4 Å². The lowest BCUT2D eigenvalue weighted by Crippen LogP contribution is -2.22. The normalized spacial score (nSPS) is 19.8. The number of anilines is 2. The van der Waals surface area contributed by atoms with Crippen LogP contribution in [-0.4, -0.2) is 36.8 Å². The van der Waals surface area contributed by atoms with Crippen molar-refractivity contribution in [3.8, 4) is 0 Å². The van der Waals surface area contributed by atoms with Crippen LogP contribution in [0.1, 0.15) is 6.42 Å². The van der Waals surface area contributed by atoms with E-state index >= 15 is 0 Å². The molecule has 2 aromatic rings. The summed E-state index contributed by atoms with van der Waals surface area (Å²) >= 11 is 1.60. The molecule has 1 unspecified atom stereocenters. The van der Waals surface area contributed by atoms with Gasteiger partial charge >= 0.3 is 0 Å². The molecule has 5 nitrogen and oxygen atoms in total. The Morgan fingerprint density at radius 3 is 3.28 bits per heavy atom. The summed E-state index contributed by atoms with van der Waals surface area (Å²) in [7, 11) is 1.75. The van der Waals surface area contributed by atoms with Crippen molar-refractivity contribution in [2.75, 3.05) is 37.4 Å². The summed E-state index contributed by atoms with van der Waals surface area (Å²) in [6.07, 6.45) is 1.14. The average molecular weight is 264 g/mol. The Labute approximate surface area is 110 Å². The van der Waals surface area contributed by atoms with Gasteiger partial charge in [-0.3, -0.25) is 0 Å². The summed E-state index contributed by atoms with van der Waals surface area (Å²) in [5.41, 5.74) is 5.78. The van der Waals surface area contributed by atoms with Crippen LogP contribution in [0.25, 0.3) is 10.2 Å². The minimum atomic E-state index is 0.357. The fraction of sp³-hybridized carbons (Fsp3) is 0.500. The molecule has 3 heterocycles. The van der Waals surface area contributed by atoms with Crippen LogP contribution in [-0.2, 0) is 4.74 Å². The number of nitrogen functional groups attached to an aromatic ring is 1. The predicted molar refractivity (Wildman–Crippen MR) is 74.0 cm³/mol. The first kappa shape index (κ1) is 11.7. The van der Waals surface area contributed by atoms with Crippen molar-refractivity contribution in [1.82, 2.24) is 9.97 Å². The van der Waals surface area contributed by atoms with Crippen molar-refractivity contribution in [1.29, 1.82) is 0 Å². The highest BCUT2D eigenvalue weighted by molar-refractivity contribution is 7.16. The monoisotopic (exact) mass is 264 g/mol. The minimum Gasteiger partial charge on any atom is -0.384 e. The average Bonchev–Trinajstić information content (AvgIpc) is 2.96. The number of aromatic nitrogens is 2. The zero-order valence-corrected chi connectivity index (χ0v) is 11.1. The first-order valence-corrected chi connectivity index (χ1v) is 6.90. The van der Waals surface area contributed by atoms with Crippen LogP contribution < -0.4 is 10.6 Å². The van der Waals surface area contributed by atoms with E-state index in [0.717, 1.165) is 42.2 Å². The van der Waals surface area contributed by atoms with Gasteiger partial charge in [0.2, 0.25) is 5.95 Å². The lowest BCUT2D eigenvalue weighted by atomic mass is 10.1. The fourth-order valence-electron chi connectivity index (χ4n) is 2.49. The summed E-state index contributed by atoms with van der Waals surface area (Å²) in [6, 6.07) is 2.07. The van der Waals surface area contributed by atoms with Gasteiger partial charge in [0.05, 0.1) is 12.0 Å².